The molecule has 0 amide bonds. The van der Waals surface area contributed by atoms with E-state index < -0.39 is 6.55 Å². The van der Waals surface area contributed by atoms with E-state index >= 15 is 0 Å². The highest BCUT2D eigenvalue weighted by molar-refractivity contribution is 5.19. The van der Waals surface area contributed by atoms with E-state index in [9.17, 15) is 13.2 Å². The second-order valence-corrected chi connectivity index (χ2v) is 4.19. The number of halogens is 3. The second kappa shape index (κ2) is 5.88. The van der Waals surface area contributed by atoms with Gasteiger partial charge in [0.1, 0.15) is 11.6 Å². The zero-order valence-electron chi connectivity index (χ0n) is 10.4. The van der Waals surface area contributed by atoms with Crippen molar-refractivity contribution >= 4 is 0 Å². The number of nitrogens with one attached hydrogen (secondary N) is 1. The topological polar surface area (TPSA) is 29.9 Å². The predicted octanol–water partition coefficient (Wildman–Crippen LogP) is 3.27. The molecule has 0 aliphatic carbocycles. The normalized spacial score (nSPS) is 12.9. The highest BCUT2D eigenvalue weighted by atomic mass is 19.3. The first-order chi connectivity index (χ1) is 9.08. The minimum absolute atomic E-state index is 0.154. The van der Waals surface area contributed by atoms with Crippen LogP contribution in [0, 0.1) is 5.82 Å². The summed E-state index contributed by atoms with van der Waals surface area (Å²) in [6, 6.07) is 6.01. The van der Waals surface area contributed by atoms with Gasteiger partial charge in [0, 0.05) is 18.4 Å². The van der Waals surface area contributed by atoms with Gasteiger partial charge in [-0.3, -0.25) is 4.57 Å². The first-order valence-electron chi connectivity index (χ1n) is 5.86. The Kier molecular flexibility index (Phi) is 4.21. The third-order valence-electron chi connectivity index (χ3n) is 2.87. The molecule has 1 atom stereocenters. The van der Waals surface area contributed by atoms with Crippen molar-refractivity contribution in [2.45, 2.75) is 26.1 Å². The smallest absolute Gasteiger partial charge is 0.303 e. The van der Waals surface area contributed by atoms with E-state index in [0.29, 0.717) is 0 Å². The van der Waals surface area contributed by atoms with Gasteiger partial charge in [-0.25, -0.2) is 9.37 Å². The molecule has 102 valence electrons. The summed E-state index contributed by atoms with van der Waals surface area (Å²) >= 11 is 0. The molecule has 0 unspecified atom stereocenters. The van der Waals surface area contributed by atoms with Gasteiger partial charge < -0.3 is 5.32 Å². The molecule has 0 aliphatic rings. The van der Waals surface area contributed by atoms with Gasteiger partial charge in [-0.2, -0.15) is 8.78 Å². The molecule has 0 aliphatic heterocycles. The van der Waals surface area contributed by atoms with Crippen LogP contribution in [0.3, 0.4) is 0 Å². The van der Waals surface area contributed by atoms with E-state index in [1.807, 2.05) is 6.92 Å². The molecule has 6 heteroatoms. The summed E-state index contributed by atoms with van der Waals surface area (Å²) in [6.45, 7) is -0.580. The molecule has 3 nitrogen and oxygen atoms in total. The van der Waals surface area contributed by atoms with Crippen molar-refractivity contribution in [2.24, 2.45) is 0 Å². The zero-order valence-corrected chi connectivity index (χ0v) is 10.4. The quantitative estimate of drug-likeness (QED) is 0.902. The van der Waals surface area contributed by atoms with Crippen molar-refractivity contribution in [1.82, 2.24) is 14.9 Å². The van der Waals surface area contributed by atoms with E-state index in [4.69, 9.17) is 0 Å². The van der Waals surface area contributed by atoms with Crippen molar-refractivity contribution in [3.05, 3.63) is 53.9 Å². The lowest BCUT2D eigenvalue weighted by Gasteiger charge is -2.14. The highest BCUT2D eigenvalue weighted by Gasteiger charge is 2.12. The van der Waals surface area contributed by atoms with Crippen LogP contribution in [-0.2, 0) is 6.54 Å². The van der Waals surface area contributed by atoms with Gasteiger partial charge in [0.2, 0.25) is 0 Å². The van der Waals surface area contributed by atoms with Crippen molar-refractivity contribution in [3.8, 4) is 0 Å². The fourth-order valence-electron chi connectivity index (χ4n) is 1.80. The van der Waals surface area contributed by atoms with Gasteiger partial charge in [0.05, 0.1) is 6.54 Å². The zero-order chi connectivity index (χ0) is 13.8. The van der Waals surface area contributed by atoms with E-state index in [0.717, 1.165) is 10.1 Å². The van der Waals surface area contributed by atoms with Crippen LogP contribution < -0.4 is 5.32 Å². The van der Waals surface area contributed by atoms with E-state index in [1.54, 1.807) is 12.1 Å². The molecule has 2 rings (SSSR count). The molecule has 0 saturated heterocycles. The van der Waals surface area contributed by atoms with E-state index in [1.165, 1.54) is 24.5 Å². The molecule has 2 aromatic rings. The Morgan fingerprint density at radius 3 is 2.84 bits per heavy atom. The van der Waals surface area contributed by atoms with E-state index in [2.05, 4.69) is 10.3 Å². The summed E-state index contributed by atoms with van der Waals surface area (Å²) in [5.41, 5.74) is 0.759. The van der Waals surface area contributed by atoms with Crippen molar-refractivity contribution in [2.75, 3.05) is 0 Å². The highest BCUT2D eigenvalue weighted by Crippen LogP contribution is 2.16. The molecule has 1 heterocycles. The third-order valence-corrected chi connectivity index (χ3v) is 2.87. The Bertz CT molecular complexity index is 539. The molecule has 1 N–H and O–H groups in total. The van der Waals surface area contributed by atoms with E-state index in [-0.39, 0.29) is 24.2 Å². The molecule has 0 saturated carbocycles. The van der Waals surface area contributed by atoms with Crippen LogP contribution in [0.2, 0.25) is 0 Å². The average Bonchev–Trinajstić information content (AvgIpc) is 2.84. The Balaban J connectivity index is 2.00. The van der Waals surface area contributed by atoms with Crippen LogP contribution in [0.5, 0.6) is 0 Å². The predicted molar refractivity (Wildman–Crippen MR) is 65.1 cm³/mol. The number of nitrogens with zero attached hydrogens (tertiary/aromatic N) is 2. The number of alkyl halides is 2. The summed E-state index contributed by atoms with van der Waals surface area (Å²) in [6.07, 6.45) is 2.56. The average molecular weight is 269 g/mol. The number of aromatic nitrogens is 2. The SMILES string of the molecule is C[C@@H](NCc1nccn1C(F)F)c1cccc(F)c1. The minimum Gasteiger partial charge on any atom is -0.303 e. The van der Waals surface area contributed by atoms with Gasteiger partial charge in [0.15, 0.2) is 0 Å². The van der Waals surface area contributed by atoms with Gasteiger partial charge in [-0.05, 0) is 24.6 Å². The minimum atomic E-state index is -2.61. The van der Waals surface area contributed by atoms with Gasteiger partial charge >= 0.3 is 6.55 Å². The summed E-state index contributed by atoms with van der Waals surface area (Å²) < 4.78 is 39.1. The molecule has 1 aromatic carbocycles. The number of benzene rings is 1. The molecule has 0 fully saturated rings. The Morgan fingerprint density at radius 1 is 1.37 bits per heavy atom. The number of hydrogen-bond acceptors (Lipinski definition) is 2. The lowest BCUT2D eigenvalue weighted by Crippen LogP contribution is -2.21. The lowest BCUT2D eigenvalue weighted by molar-refractivity contribution is 0.0665. The summed E-state index contributed by atoms with van der Waals surface area (Å²) in [5, 5.41) is 3.04. The first kappa shape index (κ1) is 13.6. The first-order valence-corrected chi connectivity index (χ1v) is 5.86. The Morgan fingerprint density at radius 2 is 2.16 bits per heavy atom. The Labute approximate surface area is 109 Å². The van der Waals surface area contributed by atoms with Crippen LogP contribution in [0.15, 0.2) is 36.7 Å². The molecular formula is C13H14F3N3. The largest absolute Gasteiger partial charge is 0.319 e. The molecule has 1 aromatic heterocycles. The van der Waals surface area contributed by atoms with Crippen LogP contribution in [-0.4, -0.2) is 9.55 Å². The van der Waals surface area contributed by atoms with Crippen LogP contribution in [0.4, 0.5) is 13.2 Å². The van der Waals surface area contributed by atoms with Crippen molar-refractivity contribution in [1.29, 1.82) is 0 Å². The van der Waals surface area contributed by atoms with Gasteiger partial charge in [-0.15, -0.1) is 0 Å². The number of rotatable bonds is 5. The summed E-state index contributed by atoms with van der Waals surface area (Å²) in [5.74, 6) is -0.0708. The molecule has 0 radical (unpaired) electrons. The number of imidazole rings is 1. The van der Waals surface area contributed by atoms with Crippen molar-refractivity contribution in [3.63, 3.8) is 0 Å². The maximum absolute atomic E-state index is 13.1. The fraction of sp³-hybridized carbons (Fsp3) is 0.308. The molecule has 0 spiro atoms. The Hall–Kier alpha value is -1.82. The summed E-state index contributed by atoms with van der Waals surface area (Å²) in [7, 11) is 0. The third kappa shape index (κ3) is 3.35. The standard InChI is InChI=1S/C13H14F3N3/c1-9(10-3-2-4-11(14)7-10)18-8-12-17-5-6-19(12)13(15)16/h2-7,9,13,18H,8H2,1H3/t9-/m1/s1. The second-order valence-electron chi connectivity index (χ2n) is 4.19. The van der Waals surface area contributed by atoms with Crippen LogP contribution in [0.1, 0.15) is 30.9 Å². The van der Waals surface area contributed by atoms with Gasteiger partial charge in [0.25, 0.3) is 0 Å². The van der Waals surface area contributed by atoms with Crippen molar-refractivity contribution < 1.29 is 13.2 Å². The lowest BCUT2D eigenvalue weighted by atomic mass is 10.1. The maximum Gasteiger partial charge on any atom is 0.319 e. The molecular weight excluding hydrogens is 255 g/mol. The fourth-order valence-corrected chi connectivity index (χ4v) is 1.80. The molecule has 19 heavy (non-hydrogen) atoms. The number of hydrogen-bond donors (Lipinski definition) is 1. The summed E-state index contributed by atoms with van der Waals surface area (Å²) in [4.78, 5) is 3.87. The monoisotopic (exact) mass is 269 g/mol. The maximum atomic E-state index is 13.1. The van der Waals surface area contributed by atoms with Crippen LogP contribution >= 0.6 is 0 Å². The van der Waals surface area contributed by atoms with Crippen LogP contribution in [0.25, 0.3) is 0 Å². The molecule has 0 bridgehead atoms. The van der Waals surface area contributed by atoms with Gasteiger partial charge in [-0.1, -0.05) is 12.1 Å².